The molecule has 2 fully saturated rings. The third-order valence-electron chi connectivity index (χ3n) is 9.89. The monoisotopic (exact) mass is 752 g/mol. The van der Waals surface area contributed by atoms with Gasteiger partial charge in [-0.05, 0) is 67.8 Å². The lowest BCUT2D eigenvalue weighted by molar-refractivity contribution is -0.469. The molecule has 1 aromatic rings. The highest BCUT2D eigenvalue weighted by atomic mass is 19.4. The summed E-state index contributed by atoms with van der Waals surface area (Å²) in [7, 11) is 0. The van der Waals surface area contributed by atoms with Crippen molar-refractivity contribution in [3.63, 3.8) is 0 Å². The zero-order valence-corrected chi connectivity index (χ0v) is 25.4. The Morgan fingerprint density at radius 1 is 0.449 bits per heavy atom. The first kappa shape index (κ1) is 41.3. The lowest BCUT2D eigenvalue weighted by Gasteiger charge is -2.43. The predicted molar refractivity (Wildman–Crippen MR) is 136 cm³/mol. The Labute approximate surface area is 267 Å². The molecule has 1 aromatic carbocycles. The molecule has 0 aromatic heterocycles. The van der Waals surface area contributed by atoms with Gasteiger partial charge >= 0.3 is 53.6 Å². The normalized spacial score (nSPS) is 24.7. The molecule has 0 amide bonds. The Bertz CT molecular complexity index is 1250. The van der Waals surface area contributed by atoms with E-state index in [1.165, 1.54) is 0 Å². The number of benzene rings is 1. The van der Waals surface area contributed by atoms with Crippen LogP contribution in [0.1, 0.15) is 88.2 Å². The van der Waals surface area contributed by atoms with Crippen molar-refractivity contribution >= 4 is 0 Å². The third-order valence-corrected chi connectivity index (χ3v) is 9.89. The van der Waals surface area contributed by atoms with Crippen molar-refractivity contribution in [3.05, 3.63) is 35.4 Å². The van der Waals surface area contributed by atoms with Crippen LogP contribution in [-0.4, -0.2) is 47.6 Å². The average molecular weight is 753 g/mol. The molecule has 0 spiro atoms. The topological polar surface area (TPSA) is 0 Å². The fourth-order valence-corrected chi connectivity index (χ4v) is 6.79. The van der Waals surface area contributed by atoms with E-state index < -0.39 is 59.1 Å². The zero-order chi connectivity index (χ0) is 37.9. The maximum Gasteiger partial charge on any atom is 0.460 e. The summed E-state index contributed by atoms with van der Waals surface area (Å²) in [6.07, 6.45) is 0.963. The van der Waals surface area contributed by atoms with Crippen molar-refractivity contribution in [1.29, 1.82) is 0 Å². The second kappa shape index (κ2) is 13.1. The summed E-state index contributed by atoms with van der Waals surface area (Å²) in [5.41, 5.74) is -2.04. The Balaban J connectivity index is 1.82. The lowest BCUT2D eigenvalue weighted by atomic mass is 9.68. The van der Waals surface area contributed by atoms with Crippen molar-refractivity contribution in [2.75, 3.05) is 0 Å². The maximum atomic E-state index is 14.7. The molecule has 0 N–H and O–H groups in total. The van der Waals surface area contributed by atoms with Crippen LogP contribution in [-0.2, 0) is 5.92 Å². The molecule has 2 aliphatic rings. The van der Waals surface area contributed by atoms with Gasteiger partial charge in [-0.15, -0.1) is 0 Å². The molecule has 0 atom stereocenters. The number of hydrogen-bond acceptors (Lipinski definition) is 0. The van der Waals surface area contributed by atoms with E-state index in [0.29, 0.717) is 43.4 Å². The van der Waals surface area contributed by atoms with E-state index in [1.807, 2.05) is 0 Å². The van der Waals surface area contributed by atoms with Gasteiger partial charge in [-0.2, -0.15) is 83.4 Å². The van der Waals surface area contributed by atoms with Gasteiger partial charge in [0, 0.05) is 5.56 Å². The fourth-order valence-electron chi connectivity index (χ4n) is 6.79. The van der Waals surface area contributed by atoms with Crippen LogP contribution in [0.5, 0.6) is 0 Å². The molecule has 19 heteroatoms. The molecule has 2 saturated carbocycles. The Kier molecular flexibility index (Phi) is 11.1. The average Bonchev–Trinajstić information content (AvgIpc) is 3.00. The molecule has 0 saturated heterocycles. The van der Waals surface area contributed by atoms with Gasteiger partial charge in [-0.1, -0.05) is 56.9 Å². The Morgan fingerprint density at radius 2 is 0.796 bits per heavy atom. The van der Waals surface area contributed by atoms with Crippen LogP contribution in [0.2, 0.25) is 0 Å². The highest BCUT2D eigenvalue weighted by Crippen LogP contribution is 2.66. The fraction of sp³-hybridized carbons (Fsp3) is 0.800. The van der Waals surface area contributed by atoms with Crippen LogP contribution < -0.4 is 0 Å². The first-order valence-corrected chi connectivity index (χ1v) is 15.2. The Hall–Kier alpha value is -2.11. The Morgan fingerprint density at radius 3 is 1.16 bits per heavy atom. The highest BCUT2D eigenvalue weighted by Gasteiger charge is 2.96. The molecular formula is C30H31F19. The molecule has 3 rings (SSSR count). The van der Waals surface area contributed by atoms with E-state index in [9.17, 15) is 83.4 Å². The van der Waals surface area contributed by atoms with E-state index >= 15 is 0 Å². The number of halogens is 19. The van der Waals surface area contributed by atoms with E-state index in [0.717, 1.165) is 50.7 Å². The van der Waals surface area contributed by atoms with Crippen molar-refractivity contribution in [3.8, 4) is 0 Å². The third kappa shape index (κ3) is 6.47. The van der Waals surface area contributed by atoms with Crippen LogP contribution >= 0.6 is 0 Å². The first-order valence-electron chi connectivity index (χ1n) is 15.2. The molecule has 0 unspecified atom stereocenters. The van der Waals surface area contributed by atoms with Gasteiger partial charge in [-0.25, -0.2) is 0 Å². The molecule has 0 nitrogen and oxygen atoms in total. The number of hydrogen-bond donors (Lipinski definition) is 0. The first-order chi connectivity index (χ1) is 22.0. The highest BCUT2D eigenvalue weighted by molar-refractivity contribution is 5.31. The van der Waals surface area contributed by atoms with Crippen molar-refractivity contribution in [2.45, 2.75) is 131 Å². The molecule has 0 aliphatic heterocycles. The molecule has 49 heavy (non-hydrogen) atoms. The van der Waals surface area contributed by atoms with Gasteiger partial charge in [0.2, 0.25) is 0 Å². The quantitative estimate of drug-likeness (QED) is 0.187. The summed E-state index contributed by atoms with van der Waals surface area (Å²) in [5.74, 6) is -65.5. The van der Waals surface area contributed by atoms with Crippen LogP contribution in [0.3, 0.4) is 0 Å². The second-order valence-electron chi connectivity index (χ2n) is 12.9. The molecule has 0 radical (unpaired) electrons. The standard InChI is InChI=1S/C30H31F19/c1-2-3-16-4-6-17(7-5-16)18-8-10-19(11-9-18)20-12-14-21(15-13-20)22(31,32)23(33,34)24(35,36)25(37,38)26(39,40)27(41,42)28(43,44)29(45,46)30(47,48)49/h12-19H,2-11H2,1H3/t16-,17-,18?,19?. The minimum Gasteiger partial charge on any atom is -0.194 e. The van der Waals surface area contributed by atoms with Crippen LogP contribution in [0.25, 0.3) is 0 Å². The van der Waals surface area contributed by atoms with Gasteiger partial charge in [0.15, 0.2) is 0 Å². The van der Waals surface area contributed by atoms with Crippen molar-refractivity contribution in [1.82, 2.24) is 0 Å². The maximum absolute atomic E-state index is 14.7. The van der Waals surface area contributed by atoms with E-state index in [2.05, 4.69) is 6.92 Å². The second-order valence-corrected chi connectivity index (χ2v) is 12.9. The largest absolute Gasteiger partial charge is 0.460 e. The molecule has 2 aliphatic carbocycles. The minimum atomic E-state index is -8.92. The summed E-state index contributed by atoms with van der Waals surface area (Å²) in [6, 6.07) is 1.50. The minimum absolute atomic E-state index is 0.0311. The zero-order valence-electron chi connectivity index (χ0n) is 25.4. The van der Waals surface area contributed by atoms with Crippen LogP contribution in [0, 0.1) is 17.8 Å². The smallest absolute Gasteiger partial charge is 0.194 e. The van der Waals surface area contributed by atoms with Gasteiger partial charge in [0.1, 0.15) is 0 Å². The predicted octanol–water partition coefficient (Wildman–Crippen LogP) is 12.7. The van der Waals surface area contributed by atoms with E-state index in [4.69, 9.17) is 0 Å². The van der Waals surface area contributed by atoms with Crippen LogP contribution in [0.4, 0.5) is 83.4 Å². The van der Waals surface area contributed by atoms with E-state index in [1.54, 1.807) is 0 Å². The molecule has 0 bridgehead atoms. The van der Waals surface area contributed by atoms with Crippen molar-refractivity contribution in [2.24, 2.45) is 17.8 Å². The SMILES string of the molecule is CCC[C@H]1CC[C@H](C2CCC(c3ccc(C(F)(F)C(F)(F)C(F)(F)C(F)(F)C(F)(F)C(F)(F)C(F)(F)C(F)(F)C(F)(F)F)cc3)CC2)CC1. The van der Waals surface area contributed by atoms with Gasteiger partial charge in [-0.3, -0.25) is 0 Å². The molecule has 284 valence electrons. The summed E-state index contributed by atoms with van der Waals surface area (Å²) in [4.78, 5) is 0. The van der Waals surface area contributed by atoms with Gasteiger partial charge < -0.3 is 0 Å². The number of alkyl halides is 19. The van der Waals surface area contributed by atoms with Gasteiger partial charge in [0.05, 0.1) is 0 Å². The summed E-state index contributed by atoms with van der Waals surface area (Å²) in [5, 5.41) is 0. The summed E-state index contributed by atoms with van der Waals surface area (Å²) < 4.78 is 260. The lowest BCUT2D eigenvalue weighted by Crippen LogP contribution is -2.75. The molecular weight excluding hydrogens is 721 g/mol. The summed E-state index contributed by atoms with van der Waals surface area (Å²) in [6.45, 7) is 2.10. The van der Waals surface area contributed by atoms with Crippen molar-refractivity contribution < 1.29 is 83.4 Å². The molecule has 0 heterocycles. The van der Waals surface area contributed by atoms with Gasteiger partial charge in [0.25, 0.3) is 0 Å². The summed E-state index contributed by atoms with van der Waals surface area (Å²) >= 11 is 0. The van der Waals surface area contributed by atoms with Crippen LogP contribution in [0.15, 0.2) is 24.3 Å². The number of rotatable bonds is 12. The van der Waals surface area contributed by atoms with E-state index in [-0.39, 0.29) is 23.6 Å².